The number of methoxy groups -OCH3 is 1. The third kappa shape index (κ3) is 5.29. The van der Waals surface area contributed by atoms with Crippen molar-refractivity contribution in [1.82, 2.24) is 10.3 Å². The number of hydrogen-bond acceptors (Lipinski definition) is 6. The third-order valence-corrected chi connectivity index (χ3v) is 5.32. The Balaban J connectivity index is 1.52. The molecule has 10 nitrogen and oxygen atoms in total. The first-order valence-electron chi connectivity index (χ1n) is 10.5. The number of aromatic nitrogens is 1. The first-order chi connectivity index (χ1) is 16.4. The van der Waals surface area contributed by atoms with Crippen LogP contribution in [-0.4, -0.2) is 36.0 Å². The van der Waals surface area contributed by atoms with E-state index in [0.717, 1.165) is 5.56 Å². The van der Waals surface area contributed by atoms with Gasteiger partial charge >= 0.3 is 12.0 Å². The quantitative estimate of drug-likeness (QED) is 0.401. The van der Waals surface area contributed by atoms with Crippen LogP contribution in [0.2, 0.25) is 0 Å². The zero-order chi connectivity index (χ0) is 24.1. The van der Waals surface area contributed by atoms with Gasteiger partial charge in [0.15, 0.2) is 11.5 Å². The molecule has 176 valence electrons. The minimum Gasteiger partial charge on any atom is -0.497 e. The number of H-pyrrole nitrogens is 1. The second kappa shape index (κ2) is 9.99. The lowest BCUT2D eigenvalue weighted by molar-refractivity contribution is -0.137. The highest BCUT2D eigenvalue weighted by Gasteiger charge is 2.22. The van der Waals surface area contributed by atoms with E-state index in [-0.39, 0.29) is 18.9 Å². The van der Waals surface area contributed by atoms with Gasteiger partial charge in [-0.15, -0.1) is 0 Å². The maximum Gasteiger partial charge on any atom is 0.319 e. The smallest absolute Gasteiger partial charge is 0.319 e. The summed E-state index contributed by atoms with van der Waals surface area (Å²) in [6, 6.07) is 12.4. The van der Waals surface area contributed by atoms with E-state index in [1.54, 1.807) is 31.4 Å². The van der Waals surface area contributed by atoms with Crippen LogP contribution in [0.3, 0.4) is 0 Å². The van der Waals surface area contributed by atoms with Gasteiger partial charge < -0.3 is 34.9 Å². The lowest BCUT2D eigenvalue weighted by atomic mass is 10.0. The average molecular weight is 465 g/mol. The van der Waals surface area contributed by atoms with Crippen LogP contribution >= 0.6 is 0 Å². The van der Waals surface area contributed by atoms with Gasteiger partial charge in [-0.3, -0.25) is 9.59 Å². The van der Waals surface area contributed by atoms with Gasteiger partial charge in [0.25, 0.3) is 5.56 Å². The molecule has 0 fully saturated rings. The number of carboxylic acids is 1. The molecule has 0 bridgehead atoms. The largest absolute Gasteiger partial charge is 0.497 e. The van der Waals surface area contributed by atoms with Crippen molar-refractivity contribution in [2.75, 3.05) is 19.2 Å². The summed E-state index contributed by atoms with van der Waals surface area (Å²) in [4.78, 5) is 39.3. The van der Waals surface area contributed by atoms with Crippen molar-refractivity contribution in [3.63, 3.8) is 0 Å². The van der Waals surface area contributed by atoms with Gasteiger partial charge in [-0.1, -0.05) is 18.2 Å². The minimum absolute atomic E-state index is 0.0735. The second-order valence-electron chi connectivity index (χ2n) is 7.59. The normalized spacial score (nSPS) is 12.6. The summed E-state index contributed by atoms with van der Waals surface area (Å²) < 4.78 is 15.8. The molecule has 34 heavy (non-hydrogen) atoms. The van der Waals surface area contributed by atoms with E-state index in [4.69, 9.17) is 14.2 Å². The maximum atomic E-state index is 12.8. The molecule has 1 aliphatic heterocycles. The number of carbonyl (C=O) groups excluding carboxylic acids is 1. The molecule has 10 heteroatoms. The molecule has 1 aromatic heterocycles. The van der Waals surface area contributed by atoms with Crippen LogP contribution in [0.15, 0.2) is 59.5 Å². The summed E-state index contributed by atoms with van der Waals surface area (Å²) in [7, 11) is 1.58. The molecular formula is C24H23N3O7. The summed E-state index contributed by atoms with van der Waals surface area (Å²) in [6.07, 6.45) is 1.53. The lowest BCUT2D eigenvalue weighted by Gasteiger charge is -2.19. The van der Waals surface area contributed by atoms with Crippen LogP contribution in [0.5, 0.6) is 17.2 Å². The number of pyridine rings is 1. The Morgan fingerprint density at radius 3 is 2.62 bits per heavy atom. The number of aliphatic carboxylic acids is 1. The summed E-state index contributed by atoms with van der Waals surface area (Å²) >= 11 is 0. The van der Waals surface area contributed by atoms with Gasteiger partial charge in [-0.25, -0.2) is 4.79 Å². The molecule has 0 saturated heterocycles. The zero-order valence-corrected chi connectivity index (χ0v) is 18.3. The van der Waals surface area contributed by atoms with Crippen molar-refractivity contribution < 1.29 is 28.9 Å². The van der Waals surface area contributed by atoms with Gasteiger partial charge in [0.05, 0.1) is 19.6 Å². The Kier molecular flexibility index (Phi) is 6.67. The number of rotatable bonds is 8. The number of carbonyl (C=O) groups is 2. The number of anilines is 1. The van der Waals surface area contributed by atoms with Crippen LogP contribution in [-0.2, 0) is 11.2 Å². The molecule has 3 aromatic rings. The van der Waals surface area contributed by atoms with E-state index in [9.17, 15) is 19.5 Å². The number of benzene rings is 2. The van der Waals surface area contributed by atoms with Gasteiger partial charge in [0.1, 0.15) is 11.4 Å². The number of hydrogen-bond donors (Lipinski definition) is 4. The lowest BCUT2D eigenvalue weighted by Crippen LogP contribution is -2.35. The highest BCUT2D eigenvalue weighted by Crippen LogP contribution is 2.34. The van der Waals surface area contributed by atoms with Crippen molar-refractivity contribution in [2.24, 2.45) is 0 Å². The predicted octanol–water partition coefficient (Wildman–Crippen LogP) is 3.04. The molecule has 0 radical (unpaired) electrons. The molecule has 2 heterocycles. The Labute approximate surface area is 194 Å². The SMILES string of the molecule is COc1ccc(Cc2cc[nH]c(=O)c2NC(=O)N[C@@H](CC(=O)O)c2ccc3c(c2)OCO3)cc1. The number of nitrogens with one attached hydrogen (secondary N) is 3. The Hall–Kier alpha value is -4.47. The monoisotopic (exact) mass is 465 g/mol. The standard InChI is InChI=1S/C24H23N3O7/c1-32-17-5-2-14(3-6-17)10-16-8-9-25-23(30)22(16)27-24(31)26-18(12-21(28)29)15-4-7-19-20(11-15)34-13-33-19/h2-9,11,18H,10,12-13H2,1H3,(H,25,30)(H,28,29)(H2,26,27,31)/t18-/m0/s1. The van der Waals surface area contributed by atoms with E-state index in [0.29, 0.717) is 34.8 Å². The molecule has 0 spiro atoms. The minimum atomic E-state index is -1.10. The number of fused-ring (bicyclic) bond motifs is 1. The van der Waals surface area contributed by atoms with Crippen molar-refractivity contribution in [1.29, 1.82) is 0 Å². The molecule has 0 saturated carbocycles. The van der Waals surface area contributed by atoms with E-state index in [2.05, 4.69) is 15.6 Å². The fourth-order valence-electron chi connectivity index (χ4n) is 3.63. The predicted molar refractivity (Wildman–Crippen MR) is 123 cm³/mol. The van der Waals surface area contributed by atoms with Crippen molar-refractivity contribution >= 4 is 17.7 Å². The molecule has 0 unspecified atom stereocenters. The molecule has 2 aromatic carbocycles. The highest BCUT2D eigenvalue weighted by atomic mass is 16.7. The molecule has 0 aliphatic carbocycles. The van der Waals surface area contributed by atoms with Crippen LogP contribution in [0, 0.1) is 0 Å². The summed E-state index contributed by atoms with van der Waals surface area (Å²) in [6.45, 7) is 0.0735. The van der Waals surface area contributed by atoms with Crippen molar-refractivity contribution in [2.45, 2.75) is 18.9 Å². The van der Waals surface area contributed by atoms with Gasteiger partial charge in [-0.05, 0) is 53.4 Å². The summed E-state index contributed by atoms with van der Waals surface area (Å²) in [5.74, 6) is 0.624. The number of aromatic amines is 1. The fourth-order valence-corrected chi connectivity index (χ4v) is 3.63. The average Bonchev–Trinajstić information content (AvgIpc) is 3.29. The van der Waals surface area contributed by atoms with E-state index in [1.165, 1.54) is 6.20 Å². The van der Waals surface area contributed by atoms with Crippen LogP contribution in [0.25, 0.3) is 0 Å². The molecule has 1 aliphatic rings. The van der Waals surface area contributed by atoms with Gasteiger partial charge in [-0.2, -0.15) is 0 Å². The van der Waals surface area contributed by atoms with Crippen LogP contribution in [0.1, 0.15) is 29.2 Å². The molecule has 4 N–H and O–H groups in total. The Morgan fingerprint density at radius 1 is 1.12 bits per heavy atom. The summed E-state index contributed by atoms with van der Waals surface area (Å²) in [5, 5.41) is 14.6. The molecule has 4 rings (SSSR count). The first-order valence-corrected chi connectivity index (χ1v) is 10.5. The number of ether oxygens (including phenoxy) is 3. The zero-order valence-electron chi connectivity index (χ0n) is 18.3. The van der Waals surface area contributed by atoms with E-state index in [1.807, 2.05) is 24.3 Å². The molecule has 2 amide bonds. The van der Waals surface area contributed by atoms with Gasteiger partial charge in [0, 0.05) is 6.20 Å². The summed E-state index contributed by atoms with van der Waals surface area (Å²) in [5.41, 5.74) is 1.65. The van der Waals surface area contributed by atoms with Crippen molar-refractivity contribution in [3.05, 3.63) is 81.8 Å². The number of urea groups is 1. The number of amides is 2. The second-order valence-corrected chi connectivity index (χ2v) is 7.59. The molecule has 1 atom stereocenters. The van der Waals surface area contributed by atoms with Gasteiger partial charge in [0.2, 0.25) is 6.79 Å². The Bertz CT molecular complexity index is 1250. The van der Waals surface area contributed by atoms with Crippen LogP contribution < -0.4 is 30.4 Å². The third-order valence-electron chi connectivity index (χ3n) is 5.32. The van der Waals surface area contributed by atoms with E-state index >= 15 is 0 Å². The van der Waals surface area contributed by atoms with E-state index < -0.39 is 23.6 Å². The topological polar surface area (TPSA) is 139 Å². The maximum absolute atomic E-state index is 12.8. The molecular weight excluding hydrogens is 442 g/mol. The highest BCUT2D eigenvalue weighted by molar-refractivity contribution is 5.90. The Morgan fingerprint density at radius 2 is 1.88 bits per heavy atom. The van der Waals surface area contributed by atoms with Crippen molar-refractivity contribution in [3.8, 4) is 17.2 Å². The fraction of sp³-hybridized carbons (Fsp3) is 0.208. The van der Waals surface area contributed by atoms with Crippen LogP contribution in [0.4, 0.5) is 10.5 Å². The number of carboxylic acid groups (broad SMARTS) is 1. The first kappa shape index (κ1) is 22.7.